The van der Waals surface area contributed by atoms with E-state index in [-0.39, 0.29) is 0 Å². The third-order valence-corrected chi connectivity index (χ3v) is 5.35. The highest BCUT2D eigenvalue weighted by atomic mass is 16.5. The minimum Gasteiger partial charge on any atom is -0.497 e. The molecular formula is C22H31N5O3. The summed E-state index contributed by atoms with van der Waals surface area (Å²) in [6, 6.07) is 7.78. The number of ether oxygens (including phenoxy) is 1. The van der Waals surface area contributed by atoms with E-state index < -0.39 is 11.2 Å². The average Bonchev–Trinajstić information content (AvgIpc) is 3.12. The van der Waals surface area contributed by atoms with Gasteiger partial charge in [0.1, 0.15) is 5.75 Å². The minimum absolute atomic E-state index is 0.395. The molecule has 30 heavy (non-hydrogen) atoms. The molecule has 0 unspecified atom stereocenters. The van der Waals surface area contributed by atoms with Gasteiger partial charge in [0.2, 0.25) is 5.95 Å². The Bertz CT molecular complexity index is 1080. The molecule has 0 saturated carbocycles. The maximum Gasteiger partial charge on any atom is 0.329 e. The second kappa shape index (κ2) is 10.1. The first-order chi connectivity index (χ1) is 14.5. The van der Waals surface area contributed by atoms with Gasteiger partial charge in [0.25, 0.3) is 5.56 Å². The average molecular weight is 414 g/mol. The lowest BCUT2D eigenvalue weighted by Crippen LogP contribution is -2.29. The number of rotatable bonds is 11. The Balaban J connectivity index is 1.83. The summed E-state index contributed by atoms with van der Waals surface area (Å²) in [4.78, 5) is 31.5. The molecule has 0 bridgehead atoms. The predicted octanol–water partition coefficient (Wildman–Crippen LogP) is 3.40. The summed E-state index contributed by atoms with van der Waals surface area (Å²) in [5.41, 5.74) is 1.04. The number of unbranched alkanes of at least 4 members (excludes halogenated alkanes) is 5. The molecule has 3 aromatic rings. The van der Waals surface area contributed by atoms with Crippen LogP contribution in [0.15, 0.2) is 33.9 Å². The number of nitrogens with zero attached hydrogens (tertiary/aromatic N) is 3. The molecule has 0 spiro atoms. The normalized spacial score (nSPS) is 11.2. The van der Waals surface area contributed by atoms with Gasteiger partial charge in [0.15, 0.2) is 11.2 Å². The molecule has 0 atom stereocenters. The number of aryl methyl sites for hydroxylation is 2. The maximum atomic E-state index is 12.5. The van der Waals surface area contributed by atoms with Gasteiger partial charge >= 0.3 is 5.69 Å². The highest BCUT2D eigenvalue weighted by Crippen LogP contribution is 2.19. The van der Waals surface area contributed by atoms with Crippen LogP contribution in [0, 0.1) is 0 Å². The van der Waals surface area contributed by atoms with Gasteiger partial charge in [-0.3, -0.25) is 14.3 Å². The van der Waals surface area contributed by atoms with Gasteiger partial charge in [-0.15, -0.1) is 0 Å². The summed E-state index contributed by atoms with van der Waals surface area (Å²) in [5, 5.41) is 3.33. The molecule has 3 rings (SSSR count). The van der Waals surface area contributed by atoms with Gasteiger partial charge in [-0.2, -0.15) is 4.98 Å². The van der Waals surface area contributed by atoms with Gasteiger partial charge in [0.05, 0.1) is 7.11 Å². The smallest absolute Gasteiger partial charge is 0.329 e. The van der Waals surface area contributed by atoms with Crippen LogP contribution in [-0.2, 0) is 20.1 Å². The quantitative estimate of drug-likeness (QED) is 0.470. The number of aromatic amines is 1. The van der Waals surface area contributed by atoms with Crippen molar-refractivity contribution >= 4 is 17.1 Å². The van der Waals surface area contributed by atoms with Crippen molar-refractivity contribution < 1.29 is 4.74 Å². The van der Waals surface area contributed by atoms with Crippen LogP contribution in [0.5, 0.6) is 5.75 Å². The molecule has 2 N–H and O–H groups in total. The van der Waals surface area contributed by atoms with Crippen molar-refractivity contribution in [3.05, 3.63) is 50.7 Å². The zero-order valence-corrected chi connectivity index (χ0v) is 18.0. The first-order valence-corrected chi connectivity index (χ1v) is 10.6. The number of aromatic nitrogens is 4. The van der Waals surface area contributed by atoms with Crippen molar-refractivity contribution in [3.63, 3.8) is 0 Å². The fraction of sp³-hybridized carbons (Fsp3) is 0.500. The number of methoxy groups -OCH3 is 1. The first kappa shape index (κ1) is 21.7. The molecule has 1 aromatic carbocycles. The number of imidazole rings is 1. The van der Waals surface area contributed by atoms with Gasteiger partial charge in [-0.05, 0) is 24.1 Å². The highest BCUT2D eigenvalue weighted by molar-refractivity contribution is 5.74. The summed E-state index contributed by atoms with van der Waals surface area (Å²) >= 11 is 0. The van der Waals surface area contributed by atoms with Gasteiger partial charge in [-0.25, -0.2) is 4.79 Å². The van der Waals surface area contributed by atoms with E-state index in [0.29, 0.717) is 30.2 Å². The summed E-state index contributed by atoms with van der Waals surface area (Å²) in [5.74, 6) is 1.40. The molecule has 8 nitrogen and oxygen atoms in total. The molecule has 0 fully saturated rings. The molecule has 0 aliphatic rings. The number of fused-ring (bicyclic) bond motifs is 1. The van der Waals surface area contributed by atoms with Crippen LogP contribution in [0.3, 0.4) is 0 Å². The van der Waals surface area contributed by atoms with Crippen molar-refractivity contribution in [2.75, 3.05) is 12.4 Å². The second-order valence-corrected chi connectivity index (χ2v) is 7.55. The number of H-pyrrole nitrogens is 1. The highest BCUT2D eigenvalue weighted by Gasteiger charge is 2.17. The van der Waals surface area contributed by atoms with Crippen LogP contribution < -0.4 is 21.3 Å². The topological polar surface area (TPSA) is 93.9 Å². The van der Waals surface area contributed by atoms with E-state index in [1.165, 1.54) is 30.3 Å². The van der Waals surface area contributed by atoms with Gasteiger partial charge in [0, 0.05) is 20.1 Å². The Morgan fingerprint density at radius 1 is 1.07 bits per heavy atom. The summed E-state index contributed by atoms with van der Waals surface area (Å²) < 4.78 is 8.48. The Morgan fingerprint density at radius 2 is 1.77 bits per heavy atom. The predicted molar refractivity (Wildman–Crippen MR) is 119 cm³/mol. The standard InChI is InChI=1S/C22H31N5O3/c1-4-5-6-7-8-9-14-27-18-19(26(2)22(29)25-20(18)28)24-21(27)23-15-16-10-12-17(30-3)13-11-16/h10-13H,4-9,14-15H2,1-3H3,(H,23,24)(H,25,28,29). The largest absolute Gasteiger partial charge is 0.497 e. The Kier molecular flexibility index (Phi) is 7.32. The number of hydrogen-bond acceptors (Lipinski definition) is 5. The van der Waals surface area contributed by atoms with E-state index >= 15 is 0 Å². The van der Waals surface area contributed by atoms with Gasteiger partial charge < -0.3 is 14.6 Å². The van der Waals surface area contributed by atoms with Crippen molar-refractivity contribution in [2.24, 2.45) is 7.05 Å². The van der Waals surface area contributed by atoms with Crippen LogP contribution in [-0.4, -0.2) is 26.2 Å². The molecule has 0 amide bonds. The Labute approximate surface area is 175 Å². The Hall–Kier alpha value is -3.03. The minimum atomic E-state index is -0.460. The van der Waals surface area contributed by atoms with Gasteiger partial charge in [-0.1, -0.05) is 51.2 Å². The van der Waals surface area contributed by atoms with E-state index in [2.05, 4.69) is 22.2 Å². The van der Waals surface area contributed by atoms with E-state index in [0.717, 1.165) is 24.2 Å². The lowest BCUT2D eigenvalue weighted by Gasteiger charge is -2.11. The second-order valence-electron chi connectivity index (χ2n) is 7.55. The van der Waals surface area contributed by atoms with E-state index in [1.54, 1.807) is 14.2 Å². The Morgan fingerprint density at radius 3 is 2.47 bits per heavy atom. The fourth-order valence-corrected chi connectivity index (χ4v) is 3.56. The zero-order valence-electron chi connectivity index (χ0n) is 18.0. The van der Waals surface area contributed by atoms with Crippen LogP contribution >= 0.6 is 0 Å². The molecule has 8 heteroatoms. The number of hydrogen-bond donors (Lipinski definition) is 2. The van der Waals surface area contributed by atoms with Crippen molar-refractivity contribution in [3.8, 4) is 5.75 Å². The molecular weight excluding hydrogens is 382 g/mol. The molecule has 0 aliphatic heterocycles. The summed E-state index contributed by atoms with van der Waals surface area (Å²) in [6.45, 7) is 3.43. The number of anilines is 1. The first-order valence-electron chi connectivity index (χ1n) is 10.6. The monoisotopic (exact) mass is 413 g/mol. The molecule has 0 aliphatic carbocycles. The molecule has 0 radical (unpaired) electrons. The maximum absolute atomic E-state index is 12.5. The van der Waals surface area contributed by atoms with Crippen LogP contribution in [0.4, 0.5) is 5.95 Å². The molecule has 0 saturated heterocycles. The zero-order chi connectivity index (χ0) is 21.5. The van der Waals surface area contributed by atoms with Crippen LogP contribution in [0.2, 0.25) is 0 Å². The number of nitrogens with one attached hydrogen (secondary N) is 2. The third kappa shape index (κ3) is 4.93. The van der Waals surface area contributed by atoms with E-state index in [9.17, 15) is 9.59 Å². The van der Waals surface area contributed by atoms with E-state index in [1.807, 2.05) is 28.8 Å². The SMILES string of the molecule is CCCCCCCCn1c(NCc2ccc(OC)cc2)nc2c1c(=O)[nH]c(=O)n2C. The van der Waals surface area contributed by atoms with Crippen LogP contribution in [0.25, 0.3) is 11.2 Å². The third-order valence-electron chi connectivity index (χ3n) is 5.35. The summed E-state index contributed by atoms with van der Waals surface area (Å²) in [7, 11) is 3.26. The number of benzene rings is 1. The molecule has 2 aromatic heterocycles. The van der Waals surface area contributed by atoms with Crippen molar-refractivity contribution in [1.29, 1.82) is 0 Å². The summed E-state index contributed by atoms with van der Waals surface area (Å²) in [6.07, 6.45) is 6.94. The van der Waals surface area contributed by atoms with Crippen molar-refractivity contribution in [1.82, 2.24) is 19.1 Å². The van der Waals surface area contributed by atoms with E-state index in [4.69, 9.17) is 4.74 Å². The van der Waals surface area contributed by atoms with Crippen LogP contribution in [0.1, 0.15) is 51.0 Å². The lowest BCUT2D eigenvalue weighted by atomic mass is 10.1. The molecule has 162 valence electrons. The molecule has 2 heterocycles. The van der Waals surface area contributed by atoms with Crippen molar-refractivity contribution in [2.45, 2.75) is 58.5 Å². The lowest BCUT2D eigenvalue weighted by molar-refractivity contribution is 0.414. The fourth-order valence-electron chi connectivity index (χ4n) is 3.56.